The van der Waals surface area contributed by atoms with Crippen LogP contribution in [0, 0.1) is 0 Å². The molecule has 3 heteroatoms. The molecule has 2 heterocycles. The van der Waals surface area contributed by atoms with Gasteiger partial charge < -0.3 is 15.4 Å². The van der Waals surface area contributed by atoms with Crippen LogP contribution in [0.2, 0.25) is 0 Å². The minimum Gasteiger partial charge on any atom is -0.379 e. The number of rotatable bonds is 0. The van der Waals surface area contributed by atoms with Crippen LogP contribution in [0.5, 0.6) is 0 Å². The molecule has 58 valence electrons. The first-order chi connectivity index (χ1) is 4.95. The molecular formula is C7H14N2O. The zero-order valence-corrected chi connectivity index (χ0v) is 6.10. The van der Waals surface area contributed by atoms with Gasteiger partial charge in [0.2, 0.25) is 0 Å². The molecule has 0 aromatic carbocycles. The smallest absolute Gasteiger partial charge is 0.0620 e. The Morgan fingerprint density at radius 2 is 2.20 bits per heavy atom. The van der Waals surface area contributed by atoms with Crippen LogP contribution in [0.25, 0.3) is 0 Å². The Morgan fingerprint density at radius 1 is 1.20 bits per heavy atom. The van der Waals surface area contributed by atoms with Gasteiger partial charge in [0, 0.05) is 25.2 Å². The van der Waals surface area contributed by atoms with Crippen LogP contribution in [-0.4, -0.2) is 38.4 Å². The molecule has 2 aliphatic rings. The second kappa shape index (κ2) is 2.86. The largest absolute Gasteiger partial charge is 0.379 e. The standard InChI is InChI=1S/C7H14N2O/c1-2-10-5-7-3-6(8-1)4-9-7/h6-9H,1-5H2. The summed E-state index contributed by atoms with van der Waals surface area (Å²) in [6, 6.07) is 1.31. The highest BCUT2D eigenvalue weighted by atomic mass is 16.5. The van der Waals surface area contributed by atoms with Gasteiger partial charge in [0.25, 0.3) is 0 Å². The lowest BCUT2D eigenvalue weighted by Gasteiger charge is -2.16. The third-order valence-electron chi connectivity index (χ3n) is 2.22. The van der Waals surface area contributed by atoms with Crippen molar-refractivity contribution < 1.29 is 4.74 Å². The van der Waals surface area contributed by atoms with E-state index in [1.165, 1.54) is 6.42 Å². The summed E-state index contributed by atoms with van der Waals surface area (Å²) >= 11 is 0. The van der Waals surface area contributed by atoms with Crippen LogP contribution in [-0.2, 0) is 4.74 Å². The molecule has 0 amide bonds. The molecule has 0 aromatic rings. The molecular weight excluding hydrogens is 128 g/mol. The first-order valence-corrected chi connectivity index (χ1v) is 3.99. The fraction of sp³-hybridized carbons (Fsp3) is 1.00. The van der Waals surface area contributed by atoms with Crippen LogP contribution in [0.3, 0.4) is 0 Å². The van der Waals surface area contributed by atoms with E-state index in [-0.39, 0.29) is 0 Å². The van der Waals surface area contributed by atoms with E-state index in [0.29, 0.717) is 12.1 Å². The van der Waals surface area contributed by atoms with Crippen molar-refractivity contribution in [2.75, 3.05) is 26.3 Å². The minimum absolute atomic E-state index is 0.609. The van der Waals surface area contributed by atoms with Crippen LogP contribution in [0.4, 0.5) is 0 Å². The molecule has 2 atom stereocenters. The number of hydrogen-bond donors (Lipinski definition) is 2. The van der Waals surface area contributed by atoms with Crippen molar-refractivity contribution in [3.63, 3.8) is 0 Å². The van der Waals surface area contributed by atoms with Crippen molar-refractivity contribution in [3.8, 4) is 0 Å². The highest BCUT2D eigenvalue weighted by Gasteiger charge is 2.24. The molecule has 0 radical (unpaired) electrons. The zero-order valence-electron chi connectivity index (χ0n) is 6.10. The molecule has 10 heavy (non-hydrogen) atoms. The summed E-state index contributed by atoms with van der Waals surface area (Å²) in [4.78, 5) is 0. The quantitative estimate of drug-likeness (QED) is 0.471. The fourth-order valence-corrected chi connectivity index (χ4v) is 1.66. The number of fused-ring (bicyclic) bond motifs is 2. The maximum atomic E-state index is 5.38. The molecule has 0 saturated carbocycles. The Kier molecular flexibility index (Phi) is 1.88. The van der Waals surface area contributed by atoms with E-state index in [2.05, 4.69) is 10.6 Å². The third kappa shape index (κ3) is 1.31. The second-order valence-corrected chi connectivity index (χ2v) is 3.07. The number of hydrogen-bond acceptors (Lipinski definition) is 3. The Balaban J connectivity index is 1.91. The summed E-state index contributed by atoms with van der Waals surface area (Å²) in [7, 11) is 0. The lowest BCUT2D eigenvalue weighted by atomic mass is 10.2. The normalized spacial score (nSPS) is 40.8. The Morgan fingerprint density at radius 3 is 3.20 bits per heavy atom. The van der Waals surface area contributed by atoms with Crippen molar-refractivity contribution in [1.29, 1.82) is 0 Å². The van der Waals surface area contributed by atoms with Gasteiger partial charge in [0.1, 0.15) is 0 Å². The molecule has 3 nitrogen and oxygen atoms in total. The van der Waals surface area contributed by atoms with E-state index in [1.807, 2.05) is 0 Å². The molecule has 2 N–H and O–H groups in total. The molecule has 2 unspecified atom stereocenters. The predicted molar refractivity (Wildman–Crippen MR) is 39.0 cm³/mol. The van der Waals surface area contributed by atoms with E-state index < -0.39 is 0 Å². The molecule has 2 fully saturated rings. The summed E-state index contributed by atoms with van der Waals surface area (Å²) in [5.41, 5.74) is 0. The molecule has 0 aromatic heterocycles. The molecule has 2 bridgehead atoms. The molecule has 2 aliphatic heterocycles. The molecule has 0 spiro atoms. The highest BCUT2D eigenvalue weighted by Crippen LogP contribution is 2.08. The predicted octanol–water partition coefficient (Wildman–Crippen LogP) is -0.663. The van der Waals surface area contributed by atoms with Crippen molar-refractivity contribution >= 4 is 0 Å². The average Bonchev–Trinajstić information content (AvgIpc) is 2.30. The van der Waals surface area contributed by atoms with Gasteiger partial charge in [-0.15, -0.1) is 0 Å². The number of nitrogens with one attached hydrogen (secondary N) is 2. The SMILES string of the molecule is C1COCC2CC(CN2)N1. The summed E-state index contributed by atoms with van der Waals surface area (Å²) in [6.45, 7) is 3.90. The summed E-state index contributed by atoms with van der Waals surface area (Å²) in [6.07, 6.45) is 1.24. The van der Waals surface area contributed by atoms with Gasteiger partial charge in [-0.05, 0) is 6.42 Å². The van der Waals surface area contributed by atoms with Gasteiger partial charge in [-0.1, -0.05) is 0 Å². The summed E-state index contributed by atoms with van der Waals surface area (Å²) in [5.74, 6) is 0. The van der Waals surface area contributed by atoms with E-state index in [0.717, 1.165) is 26.3 Å². The van der Waals surface area contributed by atoms with Crippen molar-refractivity contribution in [2.24, 2.45) is 0 Å². The molecule has 0 aliphatic carbocycles. The highest BCUT2D eigenvalue weighted by molar-refractivity contribution is 4.86. The minimum atomic E-state index is 0.609. The second-order valence-electron chi connectivity index (χ2n) is 3.07. The lowest BCUT2D eigenvalue weighted by Crippen LogP contribution is -2.34. The van der Waals surface area contributed by atoms with Gasteiger partial charge >= 0.3 is 0 Å². The van der Waals surface area contributed by atoms with Gasteiger partial charge in [-0.2, -0.15) is 0 Å². The molecule has 2 saturated heterocycles. The first kappa shape index (κ1) is 6.58. The van der Waals surface area contributed by atoms with E-state index in [1.54, 1.807) is 0 Å². The van der Waals surface area contributed by atoms with E-state index in [9.17, 15) is 0 Å². The van der Waals surface area contributed by atoms with E-state index >= 15 is 0 Å². The summed E-state index contributed by atoms with van der Waals surface area (Å²) < 4.78 is 5.38. The summed E-state index contributed by atoms with van der Waals surface area (Å²) in [5, 5.41) is 6.84. The maximum Gasteiger partial charge on any atom is 0.0620 e. The van der Waals surface area contributed by atoms with Gasteiger partial charge in [-0.25, -0.2) is 0 Å². The third-order valence-corrected chi connectivity index (χ3v) is 2.22. The monoisotopic (exact) mass is 142 g/mol. The Labute approximate surface area is 61.1 Å². The average molecular weight is 142 g/mol. The van der Waals surface area contributed by atoms with Crippen LogP contribution in [0.15, 0.2) is 0 Å². The molecule has 2 rings (SSSR count). The van der Waals surface area contributed by atoms with Crippen LogP contribution >= 0.6 is 0 Å². The zero-order chi connectivity index (χ0) is 6.81. The first-order valence-electron chi connectivity index (χ1n) is 3.99. The lowest BCUT2D eigenvalue weighted by molar-refractivity contribution is 0.109. The van der Waals surface area contributed by atoms with Crippen LogP contribution < -0.4 is 10.6 Å². The van der Waals surface area contributed by atoms with Crippen molar-refractivity contribution in [1.82, 2.24) is 10.6 Å². The van der Waals surface area contributed by atoms with Crippen molar-refractivity contribution in [3.05, 3.63) is 0 Å². The maximum absolute atomic E-state index is 5.38. The van der Waals surface area contributed by atoms with Gasteiger partial charge in [0.15, 0.2) is 0 Å². The number of ether oxygens (including phenoxy) is 1. The van der Waals surface area contributed by atoms with Crippen LogP contribution in [0.1, 0.15) is 6.42 Å². The van der Waals surface area contributed by atoms with E-state index in [4.69, 9.17) is 4.74 Å². The van der Waals surface area contributed by atoms with Gasteiger partial charge in [-0.3, -0.25) is 0 Å². The van der Waals surface area contributed by atoms with Gasteiger partial charge in [0.05, 0.1) is 13.2 Å². The Bertz CT molecular complexity index is 106. The Hall–Kier alpha value is -0.120. The van der Waals surface area contributed by atoms with Crippen molar-refractivity contribution in [2.45, 2.75) is 18.5 Å². The topological polar surface area (TPSA) is 33.3 Å². The fourth-order valence-electron chi connectivity index (χ4n) is 1.66.